The van der Waals surface area contributed by atoms with E-state index in [1.54, 1.807) is 6.20 Å². The van der Waals surface area contributed by atoms with Gasteiger partial charge in [0.2, 0.25) is 0 Å². The van der Waals surface area contributed by atoms with E-state index < -0.39 is 0 Å². The number of rotatable bonds is 3. The predicted octanol–water partition coefficient (Wildman–Crippen LogP) is 0.712. The number of esters is 1. The Hall–Kier alpha value is -1.69. The molecule has 2 heterocycles. The van der Waals surface area contributed by atoms with Crippen molar-refractivity contribution in [2.75, 3.05) is 39.2 Å². The third-order valence-electron chi connectivity index (χ3n) is 3.49. The molecule has 2 rings (SSSR count). The number of aromatic nitrogens is 2. The number of likely N-dealkylation sites (N-methyl/N-ethyl adjacent to an activating group) is 1. The summed E-state index contributed by atoms with van der Waals surface area (Å²) in [5.41, 5.74) is 0.438. The summed E-state index contributed by atoms with van der Waals surface area (Å²) >= 11 is 0. The maximum atomic E-state index is 11.8. The van der Waals surface area contributed by atoms with Gasteiger partial charge in [-0.3, -0.25) is 0 Å². The molecule has 0 amide bonds. The topological polar surface area (TPSA) is 58.6 Å². The minimum Gasteiger partial charge on any atom is -0.465 e. The van der Waals surface area contributed by atoms with Crippen LogP contribution in [0.15, 0.2) is 6.20 Å². The van der Waals surface area contributed by atoms with Crippen molar-refractivity contribution in [3.8, 4) is 0 Å². The summed E-state index contributed by atoms with van der Waals surface area (Å²) in [6.45, 7) is 3.58. The quantitative estimate of drug-likeness (QED) is 0.749. The van der Waals surface area contributed by atoms with Gasteiger partial charge < -0.3 is 14.5 Å². The van der Waals surface area contributed by atoms with Crippen molar-refractivity contribution in [2.45, 2.75) is 19.4 Å². The Morgan fingerprint density at radius 1 is 1.53 bits per heavy atom. The molecule has 0 spiro atoms. The lowest BCUT2D eigenvalue weighted by molar-refractivity contribution is 0.0600. The highest BCUT2D eigenvalue weighted by Gasteiger charge is 2.28. The van der Waals surface area contributed by atoms with Gasteiger partial charge in [-0.1, -0.05) is 0 Å². The number of methoxy groups -OCH3 is 1. The Morgan fingerprint density at radius 3 is 2.84 bits per heavy atom. The third kappa shape index (κ3) is 2.84. The molecule has 1 aliphatic rings. The van der Waals surface area contributed by atoms with Crippen LogP contribution >= 0.6 is 0 Å². The molecule has 0 aromatic carbocycles. The van der Waals surface area contributed by atoms with Crippen LogP contribution in [0.2, 0.25) is 0 Å². The molecule has 1 fully saturated rings. The average Bonchev–Trinajstić information content (AvgIpc) is 2.87. The van der Waals surface area contributed by atoms with Gasteiger partial charge in [-0.15, -0.1) is 0 Å². The van der Waals surface area contributed by atoms with Gasteiger partial charge in [0.15, 0.2) is 0 Å². The summed E-state index contributed by atoms with van der Waals surface area (Å²) < 4.78 is 4.79. The van der Waals surface area contributed by atoms with Gasteiger partial charge in [-0.05, 0) is 27.4 Å². The van der Waals surface area contributed by atoms with E-state index in [9.17, 15) is 4.79 Å². The van der Waals surface area contributed by atoms with E-state index in [1.165, 1.54) is 7.11 Å². The maximum Gasteiger partial charge on any atom is 0.343 e. The number of ether oxygens (including phenoxy) is 1. The van der Waals surface area contributed by atoms with E-state index in [-0.39, 0.29) is 5.97 Å². The molecule has 0 N–H and O–H groups in total. The van der Waals surface area contributed by atoms with Crippen molar-refractivity contribution >= 4 is 11.8 Å². The van der Waals surface area contributed by atoms with Gasteiger partial charge in [-0.25, -0.2) is 14.8 Å². The molecule has 1 aromatic rings. The molecule has 0 aliphatic carbocycles. The summed E-state index contributed by atoms with van der Waals surface area (Å²) in [5.74, 6) is 0.961. The molecule has 19 heavy (non-hydrogen) atoms. The molecule has 1 saturated heterocycles. The summed E-state index contributed by atoms with van der Waals surface area (Å²) in [5, 5.41) is 0. The second kappa shape index (κ2) is 5.52. The normalized spacial score (nSPS) is 19.0. The van der Waals surface area contributed by atoms with Crippen LogP contribution in [0.3, 0.4) is 0 Å². The van der Waals surface area contributed by atoms with Crippen LogP contribution < -0.4 is 4.90 Å². The minimum absolute atomic E-state index is 0.386. The van der Waals surface area contributed by atoms with E-state index in [0.29, 0.717) is 23.2 Å². The van der Waals surface area contributed by atoms with Crippen LogP contribution in [0.1, 0.15) is 22.6 Å². The number of carbonyl (C=O) groups excluding carboxylic acids is 1. The summed E-state index contributed by atoms with van der Waals surface area (Å²) in [4.78, 5) is 24.6. The zero-order valence-electron chi connectivity index (χ0n) is 11.9. The summed E-state index contributed by atoms with van der Waals surface area (Å²) in [6, 6.07) is 0.487. The zero-order valence-corrected chi connectivity index (χ0v) is 11.9. The molecule has 0 saturated carbocycles. The molecular formula is C13H20N4O2. The number of hydrogen-bond donors (Lipinski definition) is 0. The first-order valence-corrected chi connectivity index (χ1v) is 6.36. The fourth-order valence-corrected chi connectivity index (χ4v) is 2.31. The standard InChI is InChI=1S/C13H20N4O2/c1-9-14-7-11(13(18)19-4)12(15-9)17-6-5-10(8-17)16(2)3/h7,10H,5-6,8H2,1-4H3. The molecule has 1 unspecified atom stereocenters. The molecule has 1 atom stereocenters. The zero-order chi connectivity index (χ0) is 14.0. The monoisotopic (exact) mass is 264 g/mol. The van der Waals surface area contributed by atoms with Crippen molar-refractivity contribution in [2.24, 2.45) is 0 Å². The Labute approximate surface area is 113 Å². The predicted molar refractivity (Wildman–Crippen MR) is 72.4 cm³/mol. The van der Waals surface area contributed by atoms with Gasteiger partial charge in [0, 0.05) is 25.3 Å². The first-order chi connectivity index (χ1) is 9.02. The molecule has 6 heteroatoms. The molecular weight excluding hydrogens is 244 g/mol. The highest BCUT2D eigenvalue weighted by molar-refractivity contribution is 5.94. The maximum absolute atomic E-state index is 11.8. The molecule has 1 aromatic heterocycles. The Balaban J connectivity index is 2.29. The first kappa shape index (κ1) is 13.7. The Kier molecular flexibility index (Phi) is 3.99. The summed E-state index contributed by atoms with van der Waals surface area (Å²) in [7, 11) is 5.51. The molecule has 6 nitrogen and oxygen atoms in total. The number of carbonyl (C=O) groups is 1. The Morgan fingerprint density at radius 2 is 2.26 bits per heavy atom. The number of aryl methyl sites for hydroxylation is 1. The largest absolute Gasteiger partial charge is 0.465 e. The van der Waals surface area contributed by atoms with Crippen molar-refractivity contribution in [3.63, 3.8) is 0 Å². The fraction of sp³-hybridized carbons (Fsp3) is 0.615. The van der Waals surface area contributed by atoms with Gasteiger partial charge in [0.05, 0.1) is 7.11 Å². The number of anilines is 1. The van der Waals surface area contributed by atoms with Gasteiger partial charge in [0.25, 0.3) is 0 Å². The highest BCUT2D eigenvalue weighted by Crippen LogP contribution is 2.24. The lowest BCUT2D eigenvalue weighted by Crippen LogP contribution is -2.32. The average molecular weight is 264 g/mol. The van der Waals surface area contributed by atoms with Gasteiger partial charge in [-0.2, -0.15) is 0 Å². The van der Waals surface area contributed by atoms with E-state index >= 15 is 0 Å². The van der Waals surface area contributed by atoms with Crippen LogP contribution in [-0.4, -0.2) is 61.2 Å². The molecule has 1 aliphatic heterocycles. The lowest BCUT2D eigenvalue weighted by atomic mass is 10.2. The van der Waals surface area contributed by atoms with Crippen LogP contribution in [0, 0.1) is 6.92 Å². The van der Waals surface area contributed by atoms with E-state index in [4.69, 9.17) is 4.74 Å². The third-order valence-corrected chi connectivity index (χ3v) is 3.49. The lowest BCUT2D eigenvalue weighted by Gasteiger charge is -2.22. The van der Waals surface area contributed by atoms with Crippen molar-refractivity contribution in [3.05, 3.63) is 17.6 Å². The second-order valence-electron chi connectivity index (χ2n) is 5.00. The van der Waals surface area contributed by atoms with Crippen molar-refractivity contribution in [1.82, 2.24) is 14.9 Å². The fourth-order valence-electron chi connectivity index (χ4n) is 2.31. The van der Waals surface area contributed by atoms with Gasteiger partial charge >= 0.3 is 5.97 Å². The number of hydrogen-bond acceptors (Lipinski definition) is 6. The molecule has 0 radical (unpaired) electrons. The molecule has 104 valence electrons. The first-order valence-electron chi connectivity index (χ1n) is 6.36. The van der Waals surface area contributed by atoms with Crippen molar-refractivity contribution < 1.29 is 9.53 Å². The van der Waals surface area contributed by atoms with Crippen LogP contribution in [0.4, 0.5) is 5.82 Å². The smallest absolute Gasteiger partial charge is 0.343 e. The second-order valence-corrected chi connectivity index (χ2v) is 5.00. The Bertz CT molecular complexity index is 476. The highest BCUT2D eigenvalue weighted by atomic mass is 16.5. The SMILES string of the molecule is COC(=O)c1cnc(C)nc1N1CCC(N(C)C)C1. The van der Waals surface area contributed by atoms with Crippen molar-refractivity contribution in [1.29, 1.82) is 0 Å². The minimum atomic E-state index is -0.386. The van der Waals surface area contributed by atoms with Gasteiger partial charge in [0.1, 0.15) is 17.2 Å². The van der Waals surface area contributed by atoms with E-state index in [1.807, 2.05) is 6.92 Å². The van der Waals surface area contributed by atoms with E-state index in [0.717, 1.165) is 19.5 Å². The van der Waals surface area contributed by atoms with Crippen LogP contribution in [0.5, 0.6) is 0 Å². The molecule has 0 bridgehead atoms. The van der Waals surface area contributed by atoms with Crippen LogP contribution in [-0.2, 0) is 4.74 Å². The van der Waals surface area contributed by atoms with Crippen LogP contribution in [0.25, 0.3) is 0 Å². The number of nitrogens with zero attached hydrogens (tertiary/aromatic N) is 4. The van der Waals surface area contributed by atoms with E-state index in [2.05, 4.69) is 33.9 Å². The summed E-state index contributed by atoms with van der Waals surface area (Å²) in [6.07, 6.45) is 2.61.